The maximum absolute atomic E-state index is 12.7. The average molecular weight is 415 g/mol. The molecule has 158 valence electrons. The Bertz CT molecular complexity index is 1000. The predicted octanol–water partition coefficient (Wildman–Crippen LogP) is 4.79. The minimum Gasteiger partial charge on any atom is -0.489 e. The molecule has 0 spiro atoms. The molecule has 0 aliphatic carbocycles. The van der Waals surface area contributed by atoms with Crippen LogP contribution in [0.25, 0.3) is 0 Å². The standard InChI is InChI=1S/C26H25NO4/c28-25(16-13-20-7-3-1-4-8-20)27-23(19-31-26(27)29)17-21-11-14-24(15-12-21)30-18-22-9-5-2-6-10-22/h1-12,14-15,23H,13,16-19H2. The van der Waals surface area contributed by atoms with Gasteiger partial charge in [0.2, 0.25) is 5.91 Å². The van der Waals surface area contributed by atoms with Gasteiger partial charge < -0.3 is 9.47 Å². The lowest BCUT2D eigenvalue weighted by Gasteiger charge is -2.20. The lowest BCUT2D eigenvalue weighted by atomic mass is 10.0. The molecule has 1 heterocycles. The van der Waals surface area contributed by atoms with Crippen LogP contribution in [0.3, 0.4) is 0 Å². The molecule has 3 aromatic rings. The van der Waals surface area contributed by atoms with E-state index < -0.39 is 6.09 Å². The second kappa shape index (κ2) is 9.94. The molecule has 3 aromatic carbocycles. The predicted molar refractivity (Wildman–Crippen MR) is 118 cm³/mol. The fourth-order valence-corrected chi connectivity index (χ4v) is 3.67. The van der Waals surface area contributed by atoms with E-state index in [0.29, 0.717) is 19.4 Å². The SMILES string of the molecule is O=C(CCc1ccccc1)N1C(=O)OCC1Cc1ccc(OCc2ccccc2)cc1. The van der Waals surface area contributed by atoms with Crippen molar-refractivity contribution in [3.63, 3.8) is 0 Å². The van der Waals surface area contributed by atoms with Gasteiger partial charge in [-0.05, 0) is 41.7 Å². The zero-order valence-electron chi connectivity index (χ0n) is 17.3. The van der Waals surface area contributed by atoms with E-state index >= 15 is 0 Å². The molecular weight excluding hydrogens is 390 g/mol. The smallest absolute Gasteiger partial charge is 0.416 e. The minimum atomic E-state index is -0.550. The summed E-state index contributed by atoms with van der Waals surface area (Å²) in [6.07, 6.45) is 0.888. The highest BCUT2D eigenvalue weighted by atomic mass is 16.6. The van der Waals surface area contributed by atoms with Crippen molar-refractivity contribution in [2.24, 2.45) is 0 Å². The molecule has 4 rings (SSSR count). The second-order valence-corrected chi connectivity index (χ2v) is 7.60. The molecular formula is C26H25NO4. The van der Waals surface area contributed by atoms with E-state index in [1.807, 2.05) is 84.9 Å². The monoisotopic (exact) mass is 415 g/mol. The molecule has 1 unspecified atom stereocenters. The van der Waals surface area contributed by atoms with E-state index in [1.54, 1.807) is 0 Å². The first-order valence-electron chi connectivity index (χ1n) is 10.5. The molecule has 1 aliphatic rings. The van der Waals surface area contributed by atoms with E-state index in [4.69, 9.17) is 9.47 Å². The highest BCUT2D eigenvalue weighted by Crippen LogP contribution is 2.21. The van der Waals surface area contributed by atoms with Crippen LogP contribution in [0, 0.1) is 0 Å². The molecule has 0 bridgehead atoms. The normalized spacial score (nSPS) is 15.5. The van der Waals surface area contributed by atoms with Crippen LogP contribution in [-0.2, 0) is 29.0 Å². The fraction of sp³-hybridized carbons (Fsp3) is 0.231. The number of aryl methyl sites for hydroxylation is 1. The van der Waals surface area contributed by atoms with Crippen LogP contribution in [0.1, 0.15) is 23.1 Å². The van der Waals surface area contributed by atoms with Gasteiger partial charge in [-0.15, -0.1) is 0 Å². The van der Waals surface area contributed by atoms with Crippen LogP contribution in [-0.4, -0.2) is 29.5 Å². The lowest BCUT2D eigenvalue weighted by molar-refractivity contribution is -0.129. The van der Waals surface area contributed by atoms with Crippen molar-refractivity contribution in [3.05, 3.63) is 102 Å². The molecule has 1 atom stereocenters. The van der Waals surface area contributed by atoms with Crippen molar-refractivity contribution in [2.75, 3.05) is 6.61 Å². The number of ether oxygens (including phenoxy) is 2. The topological polar surface area (TPSA) is 55.8 Å². The Balaban J connectivity index is 1.32. The van der Waals surface area contributed by atoms with Crippen LogP contribution >= 0.6 is 0 Å². The Hall–Kier alpha value is -3.60. The largest absolute Gasteiger partial charge is 0.489 e. The van der Waals surface area contributed by atoms with Gasteiger partial charge >= 0.3 is 6.09 Å². The number of nitrogens with zero attached hydrogens (tertiary/aromatic N) is 1. The number of carbonyl (C=O) groups excluding carboxylic acids is 2. The molecule has 2 amide bonds. The highest BCUT2D eigenvalue weighted by Gasteiger charge is 2.37. The molecule has 5 nitrogen and oxygen atoms in total. The van der Waals surface area contributed by atoms with Crippen molar-refractivity contribution in [1.29, 1.82) is 0 Å². The van der Waals surface area contributed by atoms with Gasteiger partial charge in [0.25, 0.3) is 0 Å². The molecule has 0 N–H and O–H groups in total. The zero-order valence-corrected chi connectivity index (χ0v) is 17.3. The minimum absolute atomic E-state index is 0.195. The van der Waals surface area contributed by atoms with Gasteiger partial charge in [0.15, 0.2) is 0 Å². The Morgan fingerprint density at radius 3 is 2.19 bits per heavy atom. The number of benzene rings is 3. The molecule has 31 heavy (non-hydrogen) atoms. The molecule has 1 saturated heterocycles. The van der Waals surface area contributed by atoms with Crippen LogP contribution in [0.4, 0.5) is 4.79 Å². The number of hydrogen-bond acceptors (Lipinski definition) is 4. The van der Waals surface area contributed by atoms with Gasteiger partial charge in [0, 0.05) is 6.42 Å². The average Bonchev–Trinajstić information content (AvgIpc) is 3.18. The van der Waals surface area contributed by atoms with Gasteiger partial charge in [-0.1, -0.05) is 72.8 Å². The molecule has 0 saturated carbocycles. The molecule has 0 radical (unpaired) electrons. The molecule has 0 aromatic heterocycles. The van der Waals surface area contributed by atoms with E-state index in [0.717, 1.165) is 22.4 Å². The lowest BCUT2D eigenvalue weighted by Crippen LogP contribution is -2.40. The van der Waals surface area contributed by atoms with Crippen molar-refractivity contribution in [1.82, 2.24) is 4.90 Å². The van der Waals surface area contributed by atoms with E-state index in [9.17, 15) is 9.59 Å². The Morgan fingerprint density at radius 1 is 0.871 bits per heavy atom. The van der Waals surface area contributed by atoms with Gasteiger partial charge in [0.1, 0.15) is 19.0 Å². The Labute approximate surface area is 182 Å². The third kappa shape index (κ3) is 5.51. The summed E-state index contributed by atoms with van der Waals surface area (Å²) in [6.45, 7) is 0.733. The van der Waals surface area contributed by atoms with E-state index in [2.05, 4.69) is 0 Å². The third-order valence-corrected chi connectivity index (χ3v) is 5.34. The fourth-order valence-electron chi connectivity index (χ4n) is 3.67. The molecule has 1 fully saturated rings. The first-order valence-corrected chi connectivity index (χ1v) is 10.5. The van der Waals surface area contributed by atoms with Crippen molar-refractivity contribution < 1.29 is 19.1 Å². The third-order valence-electron chi connectivity index (χ3n) is 5.34. The van der Waals surface area contributed by atoms with Crippen molar-refractivity contribution in [2.45, 2.75) is 31.9 Å². The first-order chi connectivity index (χ1) is 15.2. The van der Waals surface area contributed by atoms with Crippen molar-refractivity contribution in [3.8, 4) is 5.75 Å². The van der Waals surface area contributed by atoms with Crippen LogP contribution in [0.15, 0.2) is 84.9 Å². The number of rotatable bonds is 8. The summed E-state index contributed by atoms with van der Waals surface area (Å²) in [6, 6.07) is 27.3. The highest BCUT2D eigenvalue weighted by molar-refractivity contribution is 5.93. The van der Waals surface area contributed by atoms with Crippen LogP contribution in [0.5, 0.6) is 5.75 Å². The number of cyclic esters (lactones) is 1. The second-order valence-electron chi connectivity index (χ2n) is 7.60. The van der Waals surface area contributed by atoms with Gasteiger partial charge in [-0.2, -0.15) is 0 Å². The van der Waals surface area contributed by atoms with Gasteiger partial charge in [0.05, 0.1) is 6.04 Å². The van der Waals surface area contributed by atoms with E-state index in [1.165, 1.54) is 4.90 Å². The number of carbonyl (C=O) groups is 2. The van der Waals surface area contributed by atoms with Crippen LogP contribution < -0.4 is 4.74 Å². The summed E-state index contributed by atoms with van der Waals surface area (Å²) < 4.78 is 11.0. The zero-order chi connectivity index (χ0) is 21.5. The van der Waals surface area contributed by atoms with Gasteiger partial charge in [-0.3, -0.25) is 4.79 Å². The summed E-state index contributed by atoms with van der Waals surface area (Å²) in [5, 5.41) is 0. The maximum Gasteiger partial charge on any atom is 0.416 e. The Kier molecular flexibility index (Phi) is 6.62. The van der Waals surface area contributed by atoms with Gasteiger partial charge in [-0.25, -0.2) is 9.69 Å². The first kappa shape index (κ1) is 20.7. The summed E-state index contributed by atoms with van der Waals surface area (Å²) in [4.78, 5) is 26.2. The summed E-state index contributed by atoms with van der Waals surface area (Å²) >= 11 is 0. The number of hydrogen-bond donors (Lipinski definition) is 0. The van der Waals surface area contributed by atoms with Crippen molar-refractivity contribution >= 4 is 12.0 Å². The molecule has 5 heteroatoms. The maximum atomic E-state index is 12.7. The number of amides is 2. The Morgan fingerprint density at radius 2 is 1.52 bits per heavy atom. The number of imide groups is 1. The van der Waals surface area contributed by atoms with Crippen LogP contribution in [0.2, 0.25) is 0 Å². The summed E-state index contributed by atoms with van der Waals surface area (Å²) in [5.74, 6) is 0.585. The quantitative estimate of drug-likeness (QED) is 0.531. The van der Waals surface area contributed by atoms with E-state index in [-0.39, 0.29) is 25.0 Å². The molecule has 1 aliphatic heterocycles. The summed E-state index contributed by atoms with van der Waals surface area (Å²) in [5.41, 5.74) is 3.21. The summed E-state index contributed by atoms with van der Waals surface area (Å²) in [7, 11) is 0.